The van der Waals surface area contributed by atoms with Crippen LogP contribution in [0.1, 0.15) is 35.3 Å². The predicted octanol–water partition coefficient (Wildman–Crippen LogP) is -0.645. The van der Waals surface area contributed by atoms with Crippen molar-refractivity contribution in [3.63, 3.8) is 0 Å². The first kappa shape index (κ1) is 31.2. The summed E-state index contributed by atoms with van der Waals surface area (Å²) in [6.45, 7) is 0.463. The molecule has 1 amide bonds. The number of pyridine rings is 1. The number of aromatic amines is 1. The molecule has 0 aliphatic carbocycles. The van der Waals surface area contributed by atoms with Crippen molar-refractivity contribution in [1.29, 1.82) is 0 Å². The van der Waals surface area contributed by atoms with Gasteiger partial charge in [0.05, 0.1) is 23.3 Å². The number of Topliss-reactive ketones (excluding diaryl/α,β-unsaturated/α-hetero) is 1. The van der Waals surface area contributed by atoms with Gasteiger partial charge in [0.2, 0.25) is 11.8 Å². The Kier molecular flexibility index (Phi) is 9.93. The van der Waals surface area contributed by atoms with E-state index in [1.165, 1.54) is 12.3 Å². The first-order valence-corrected chi connectivity index (χ1v) is 12.6. The highest BCUT2D eigenvalue weighted by Gasteiger charge is 2.36. The summed E-state index contributed by atoms with van der Waals surface area (Å²) in [6, 6.07) is -0.265. The van der Waals surface area contributed by atoms with Gasteiger partial charge in [0.1, 0.15) is 23.3 Å². The number of amides is 1. The maximum atomic E-state index is 13.0. The molecular formula is C25H30N8O9. The number of hydrogen-bond donors (Lipinski definition) is 8. The van der Waals surface area contributed by atoms with Crippen LogP contribution in [-0.4, -0.2) is 95.6 Å². The van der Waals surface area contributed by atoms with Crippen LogP contribution in [0, 0.1) is 5.92 Å². The van der Waals surface area contributed by atoms with E-state index in [9.17, 15) is 34.2 Å². The van der Waals surface area contributed by atoms with Crippen LogP contribution >= 0.6 is 0 Å². The number of nitrogens with two attached hydrogens (primary N) is 2. The number of anilines is 2. The normalized spacial score (nSPS) is 13.2. The Hall–Kier alpha value is -5.32. The zero-order valence-corrected chi connectivity index (χ0v) is 22.4. The summed E-state index contributed by atoms with van der Waals surface area (Å²) in [6.07, 6.45) is 1.80. The van der Waals surface area contributed by atoms with E-state index in [1.807, 2.05) is 4.90 Å². The standard InChI is InChI=1S/C25H30N8O9/c1-33(7-6-11-9-29-20-18(11)22(38)32-25(27)31-20)12-2-3-16(28-10-12)21(37)30-15(4-5-17(34)35)19(36)13(23(39)40)8-14(26)24(41)42/h2-3,9-10,13-15H,4-8,26H2,1H3,(H,30,37)(H,34,35)(H,39,40)(H,41,42)(H4,27,29,31,32,38)/t13?,14-,15-/m0/s1. The Bertz CT molecular complexity index is 1490. The number of carbonyl (C=O) groups excluding carboxylic acids is 2. The van der Waals surface area contributed by atoms with Gasteiger partial charge in [-0.3, -0.25) is 24.0 Å². The molecular weight excluding hydrogens is 556 g/mol. The molecule has 0 aliphatic heterocycles. The highest BCUT2D eigenvalue weighted by molar-refractivity contribution is 6.04. The summed E-state index contributed by atoms with van der Waals surface area (Å²) in [7, 11) is 1.77. The average Bonchev–Trinajstić information content (AvgIpc) is 3.34. The van der Waals surface area contributed by atoms with E-state index >= 15 is 0 Å². The lowest BCUT2D eigenvalue weighted by Crippen LogP contribution is -2.47. The predicted molar refractivity (Wildman–Crippen MR) is 146 cm³/mol. The summed E-state index contributed by atoms with van der Waals surface area (Å²) >= 11 is 0. The van der Waals surface area contributed by atoms with Crippen molar-refractivity contribution in [3.05, 3.63) is 35.8 Å². The van der Waals surface area contributed by atoms with E-state index in [4.69, 9.17) is 21.7 Å². The van der Waals surface area contributed by atoms with Crippen LogP contribution in [0.5, 0.6) is 5.88 Å². The third-order valence-corrected chi connectivity index (χ3v) is 6.49. The zero-order chi connectivity index (χ0) is 31.1. The molecule has 3 atom stereocenters. The Labute approximate surface area is 237 Å². The van der Waals surface area contributed by atoms with Gasteiger partial charge in [-0.25, -0.2) is 4.98 Å². The molecule has 42 heavy (non-hydrogen) atoms. The molecule has 0 spiro atoms. The summed E-state index contributed by atoms with van der Waals surface area (Å²) < 4.78 is 0. The molecule has 0 bridgehead atoms. The molecule has 17 heteroatoms. The maximum Gasteiger partial charge on any atom is 0.320 e. The molecule has 224 valence electrons. The number of aliphatic carboxylic acids is 3. The van der Waals surface area contributed by atoms with Crippen molar-refractivity contribution >= 4 is 52.3 Å². The molecule has 3 rings (SSSR count). The quantitative estimate of drug-likeness (QED) is 0.103. The van der Waals surface area contributed by atoms with E-state index < -0.39 is 66.9 Å². The lowest BCUT2D eigenvalue weighted by molar-refractivity contribution is -0.148. The fourth-order valence-electron chi connectivity index (χ4n) is 4.18. The van der Waals surface area contributed by atoms with Gasteiger partial charge >= 0.3 is 17.9 Å². The Morgan fingerprint density at radius 1 is 1.10 bits per heavy atom. The van der Waals surface area contributed by atoms with E-state index in [0.29, 0.717) is 29.7 Å². The topological polar surface area (TPSA) is 288 Å². The van der Waals surface area contributed by atoms with Crippen LogP contribution < -0.4 is 21.7 Å². The summed E-state index contributed by atoms with van der Waals surface area (Å²) in [4.78, 5) is 76.3. The minimum Gasteiger partial charge on any atom is -0.493 e. The lowest BCUT2D eigenvalue weighted by atomic mass is 9.89. The highest BCUT2D eigenvalue weighted by Crippen LogP contribution is 2.26. The van der Waals surface area contributed by atoms with Crippen LogP contribution in [-0.2, 0) is 25.6 Å². The maximum absolute atomic E-state index is 13.0. The number of hydrogen-bond acceptors (Lipinski definition) is 12. The van der Waals surface area contributed by atoms with Crippen molar-refractivity contribution in [1.82, 2.24) is 25.3 Å². The molecule has 10 N–H and O–H groups in total. The lowest BCUT2D eigenvalue weighted by Gasteiger charge is -2.22. The fourth-order valence-corrected chi connectivity index (χ4v) is 4.18. The number of nitrogens with zero attached hydrogens (tertiary/aromatic N) is 4. The number of fused-ring (bicyclic) bond motifs is 1. The Morgan fingerprint density at radius 3 is 2.40 bits per heavy atom. The molecule has 0 aromatic carbocycles. The number of carboxylic acids is 3. The second-order valence-corrected chi connectivity index (χ2v) is 9.45. The second-order valence-electron chi connectivity index (χ2n) is 9.45. The molecule has 0 fully saturated rings. The molecule has 1 unspecified atom stereocenters. The Morgan fingerprint density at radius 2 is 1.81 bits per heavy atom. The van der Waals surface area contributed by atoms with Crippen LogP contribution in [0.4, 0.5) is 11.6 Å². The van der Waals surface area contributed by atoms with Crippen LogP contribution in [0.25, 0.3) is 11.0 Å². The van der Waals surface area contributed by atoms with E-state index in [0.717, 1.165) is 5.56 Å². The van der Waals surface area contributed by atoms with Gasteiger partial charge in [0, 0.05) is 26.2 Å². The summed E-state index contributed by atoms with van der Waals surface area (Å²) in [5, 5.41) is 40.4. The first-order chi connectivity index (χ1) is 19.8. The molecule has 3 aromatic heterocycles. The minimum atomic E-state index is -1.89. The molecule has 3 heterocycles. The van der Waals surface area contributed by atoms with Crippen molar-refractivity contribution in [2.75, 3.05) is 24.2 Å². The van der Waals surface area contributed by atoms with Gasteiger partial charge in [-0.1, -0.05) is 0 Å². The van der Waals surface area contributed by atoms with E-state index in [1.54, 1.807) is 19.3 Å². The van der Waals surface area contributed by atoms with Crippen molar-refractivity contribution in [3.8, 4) is 5.88 Å². The number of nitrogen functional groups attached to an aromatic ring is 1. The summed E-state index contributed by atoms with van der Waals surface area (Å²) in [5.74, 6) is -8.61. The van der Waals surface area contributed by atoms with Gasteiger partial charge in [0.25, 0.3) is 5.91 Å². The van der Waals surface area contributed by atoms with Gasteiger partial charge in [-0.2, -0.15) is 9.97 Å². The molecule has 0 saturated heterocycles. The van der Waals surface area contributed by atoms with Crippen LogP contribution in [0.2, 0.25) is 0 Å². The number of likely N-dealkylation sites (N-methyl/N-ethyl adjacent to an activating group) is 1. The molecule has 17 nitrogen and oxygen atoms in total. The first-order valence-electron chi connectivity index (χ1n) is 12.6. The van der Waals surface area contributed by atoms with Crippen molar-refractivity contribution < 1.29 is 44.4 Å². The zero-order valence-electron chi connectivity index (χ0n) is 22.4. The number of aromatic nitrogens is 4. The van der Waals surface area contributed by atoms with Crippen LogP contribution in [0.15, 0.2) is 24.5 Å². The smallest absolute Gasteiger partial charge is 0.320 e. The molecule has 0 saturated carbocycles. The number of aromatic hydroxyl groups is 1. The van der Waals surface area contributed by atoms with Crippen LogP contribution in [0.3, 0.4) is 0 Å². The van der Waals surface area contributed by atoms with Gasteiger partial charge in [-0.05, 0) is 37.0 Å². The van der Waals surface area contributed by atoms with E-state index in [2.05, 4.69) is 25.3 Å². The molecule has 3 aromatic rings. The third kappa shape index (κ3) is 7.66. The number of carbonyl (C=O) groups is 5. The average molecular weight is 587 g/mol. The SMILES string of the molecule is CN(CCc1c[nH]c2nc(N)nc(O)c12)c1ccc(C(=O)N[C@@H](CCC(=O)O)C(=O)C(C[C@H](N)C(=O)O)C(=O)O)nc1. The Balaban J connectivity index is 1.69. The minimum absolute atomic E-state index is 0.0672. The molecule has 0 radical (unpaired) electrons. The second kappa shape index (κ2) is 13.4. The third-order valence-electron chi connectivity index (χ3n) is 6.49. The number of rotatable bonds is 15. The summed E-state index contributed by atoms with van der Waals surface area (Å²) in [5.41, 5.74) is 12.6. The molecule has 0 aliphatic rings. The number of ketones is 1. The number of H-pyrrole nitrogens is 1. The number of carboxylic acid groups (broad SMARTS) is 3. The fraction of sp³-hybridized carbons (Fsp3) is 0.360. The monoisotopic (exact) mass is 586 g/mol. The largest absolute Gasteiger partial charge is 0.493 e. The van der Waals surface area contributed by atoms with Gasteiger partial charge in [-0.15, -0.1) is 0 Å². The van der Waals surface area contributed by atoms with Crippen molar-refractivity contribution in [2.45, 2.75) is 37.8 Å². The van der Waals surface area contributed by atoms with Crippen molar-refractivity contribution in [2.24, 2.45) is 11.7 Å². The van der Waals surface area contributed by atoms with E-state index in [-0.39, 0.29) is 17.5 Å². The van der Waals surface area contributed by atoms with Gasteiger partial charge < -0.3 is 47.1 Å². The highest BCUT2D eigenvalue weighted by atomic mass is 16.4. The van der Waals surface area contributed by atoms with Gasteiger partial charge in [0.15, 0.2) is 5.78 Å². The number of nitrogens with one attached hydrogen (secondary N) is 2.